The van der Waals surface area contributed by atoms with E-state index in [1.165, 1.54) is 4.90 Å². The van der Waals surface area contributed by atoms with Crippen LogP contribution in [0, 0.1) is 0 Å². The Morgan fingerprint density at radius 3 is 2.21 bits per heavy atom. The highest BCUT2D eigenvalue weighted by molar-refractivity contribution is 7.92. The van der Waals surface area contributed by atoms with Crippen molar-refractivity contribution in [3.63, 3.8) is 0 Å². The fourth-order valence-corrected chi connectivity index (χ4v) is 4.40. The molecule has 2 amide bonds. The summed E-state index contributed by atoms with van der Waals surface area (Å²) in [5.74, 6) is -0.704. The molecule has 7 nitrogen and oxygen atoms in total. The van der Waals surface area contributed by atoms with Crippen LogP contribution in [0.15, 0.2) is 54.6 Å². The van der Waals surface area contributed by atoms with E-state index in [9.17, 15) is 18.0 Å². The summed E-state index contributed by atoms with van der Waals surface area (Å²) in [6, 6.07) is 14.8. The topological polar surface area (TPSA) is 86.8 Å². The monoisotopic (exact) mass is 493 g/mol. The number of carbonyl (C=O) groups excluding carboxylic acids is 2. The molecule has 180 valence electrons. The van der Waals surface area contributed by atoms with Gasteiger partial charge < -0.3 is 10.2 Å². The van der Waals surface area contributed by atoms with Gasteiger partial charge >= 0.3 is 0 Å². The molecule has 0 aromatic heterocycles. The van der Waals surface area contributed by atoms with E-state index in [0.717, 1.165) is 29.0 Å². The Morgan fingerprint density at radius 2 is 1.67 bits per heavy atom. The highest BCUT2D eigenvalue weighted by Gasteiger charge is 2.31. The standard InChI is InChI=1S/C24H32ClN3O4S/c1-4-6-16-26-24(30)22(5-2)27(17-19-10-8-7-9-11-19)23(29)18-28(33(3,31)32)21-14-12-20(25)13-15-21/h7-15,22H,4-6,16-18H2,1-3H3,(H,26,30)/t22-/m0/s1. The molecular weight excluding hydrogens is 462 g/mol. The molecule has 0 spiro atoms. The lowest BCUT2D eigenvalue weighted by molar-refractivity contribution is -0.140. The van der Waals surface area contributed by atoms with Gasteiger partial charge in [0.05, 0.1) is 11.9 Å². The van der Waals surface area contributed by atoms with Gasteiger partial charge in [-0.15, -0.1) is 0 Å². The van der Waals surface area contributed by atoms with Crippen molar-refractivity contribution in [2.45, 2.75) is 45.7 Å². The molecule has 0 heterocycles. The minimum Gasteiger partial charge on any atom is -0.354 e. The Balaban J connectivity index is 2.35. The number of nitrogens with one attached hydrogen (secondary N) is 1. The van der Waals surface area contributed by atoms with Gasteiger partial charge in [-0.1, -0.05) is 62.2 Å². The Morgan fingerprint density at radius 1 is 1.03 bits per heavy atom. The van der Waals surface area contributed by atoms with E-state index in [1.54, 1.807) is 24.3 Å². The van der Waals surface area contributed by atoms with Crippen LogP contribution >= 0.6 is 11.6 Å². The number of amides is 2. The molecule has 0 aliphatic carbocycles. The predicted molar refractivity (Wildman–Crippen MR) is 133 cm³/mol. The summed E-state index contributed by atoms with van der Waals surface area (Å²) in [5, 5.41) is 3.36. The number of carbonyl (C=O) groups is 2. The molecule has 9 heteroatoms. The number of halogens is 1. The molecule has 0 saturated carbocycles. The van der Waals surface area contributed by atoms with E-state index in [-0.39, 0.29) is 12.5 Å². The molecule has 1 atom stereocenters. The number of sulfonamides is 1. The normalized spacial score (nSPS) is 12.1. The van der Waals surface area contributed by atoms with Crippen LogP contribution in [0.25, 0.3) is 0 Å². The maximum absolute atomic E-state index is 13.5. The number of hydrogen-bond acceptors (Lipinski definition) is 4. The average Bonchev–Trinajstić information content (AvgIpc) is 2.78. The molecule has 2 aromatic carbocycles. The molecule has 0 fully saturated rings. The third-order valence-electron chi connectivity index (χ3n) is 5.21. The van der Waals surface area contributed by atoms with E-state index in [2.05, 4.69) is 5.32 Å². The Labute approximate surface area is 201 Å². The lowest BCUT2D eigenvalue weighted by Crippen LogP contribution is -2.52. The molecule has 33 heavy (non-hydrogen) atoms. The summed E-state index contributed by atoms with van der Waals surface area (Å²) in [6.45, 7) is 4.16. The largest absolute Gasteiger partial charge is 0.354 e. The van der Waals surface area contributed by atoms with Gasteiger partial charge in [-0.05, 0) is 42.7 Å². The van der Waals surface area contributed by atoms with E-state index in [4.69, 9.17) is 11.6 Å². The summed E-state index contributed by atoms with van der Waals surface area (Å²) < 4.78 is 26.1. The van der Waals surface area contributed by atoms with E-state index >= 15 is 0 Å². The fourth-order valence-electron chi connectivity index (χ4n) is 3.43. The number of rotatable bonds is 12. The van der Waals surface area contributed by atoms with Gasteiger partial charge in [0.2, 0.25) is 21.8 Å². The molecule has 0 radical (unpaired) electrons. The van der Waals surface area contributed by atoms with Crippen LogP contribution in [-0.4, -0.2) is 50.5 Å². The Hall–Kier alpha value is -2.58. The zero-order chi connectivity index (χ0) is 24.4. The predicted octanol–water partition coefficient (Wildman–Crippen LogP) is 3.83. The van der Waals surface area contributed by atoms with Crippen LogP contribution in [0.1, 0.15) is 38.7 Å². The Kier molecular flexibility index (Phi) is 10.2. The summed E-state index contributed by atoms with van der Waals surface area (Å²) in [7, 11) is -3.76. The molecule has 0 bridgehead atoms. The van der Waals surface area contributed by atoms with Crippen molar-refractivity contribution in [2.24, 2.45) is 0 Å². The Bertz CT molecular complexity index is 1010. The summed E-state index contributed by atoms with van der Waals surface area (Å²) in [5.41, 5.74) is 1.18. The van der Waals surface area contributed by atoms with Crippen molar-refractivity contribution in [1.82, 2.24) is 10.2 Å². The van der Waals surface area contributed by atoms with Crippen molar-refractivity contribution >= 4 is 39.1 Å². The second-order valence-corrected chi connectivity index (χ2v) is 10.2. The van der Waals surface area contributed by atoms with E-state index in [0.29, 0.717) is 23.7 Å². The van der Waals surface area contributed by atoms with Crippen molar-refractivity contribution in [1.29, 1.82) is 0 Å². The summed E-state index contributed by atoms with van der Waals surface area (Å²) >= 11 is 5.94. The van der Waals surface area contributed by atoms with Crippen molar-refractivity contribution in [3.8, 4) is 0 Å². The zero-order valence-corrected chi connectivity index (χ0v) is 20.9. The van der Waals surface area contributed by atoms with Gasteiger partial charge in [0.25, 0.3) is 0 Å². The maximum Gasteiger partial charge on any atom is 0.244 e. The highest BCUT2D eigenvalue weighted by Crippen LogP contribution is 2.21. The molecule has 0 aliphatic rings. The van der Waals surface area contributed by atoms with Gasteiger partial charge in [-0.25, -0.2) is 8.42 Å². The average molecular weight is 494 g/mol. The van der Waals surface area contributed by atoms with Crippen molar-refractivity contribution < 1.29 is 18.0 Å². The quantitative estimate of drug-likeness (QED) is 0.455. The minimum atomic E-state index is -3.76. The van der Waals surface area contributed by atoms with Crippen molar-refractivity contribution in [2.75, 3.05) is 23.7 Å². The molecule has 1 N–H and O–H groups in total. The van der Waals surface area contributed by atoms with Gasteiger partial charge in [0, 0.05) is 18.1 Å². The molecule has 0 saturated heterocycles. The van der Waals surface area contributed by atoms with Crippen LogP contribution in [0.4, 0.5) is 5.69 Å². The van der Waals surface area contributed by atoms with Crippen LogP contribution in [0.2, 0.25) is 5.02 Å². The number of benzene rings is 2. The smallest absolute Gasteiger partial charge is 0.244 e. The summed E-state index contributed by atoms with van der Waals surface area (Å²) in [6.07, 6.45) is 3.23. The maximum atomic E-state index is 13.5. The number of anilines is 1. The third kappa shape index (κ3) is 8.05. The number of nitrogens with zero attached hydrogens (tertiary/aromatic N) is 2. The lowest BCUT2D eigenvalue weighted by Gasteiger charge is -2.33. The number of hydrogen-bond donors (Lipinski definition) is 1. The van der Waals surface area contributed by atoms with Gasteiger partial charge in [0.1, 0.15) is 12.6 Å². The van der Waals surface area contributed by atoms with Crippen LogP contribution in [-0.2, 0) is 26.2 Å². The number of unbranched alkanes of at least 4 members (excludes halogenated alkanes) is 1. The van der Waals surface area contributed by atoms with Crippen LogP contribution in [0.3, 0.4) is 0 Å². The van der Waals surface area contributed by atoms with Gasteiger partial charge in [0.15, 0.2) is 0 Å². The molecular formula is C24H32ClN3O4S. The molecule has 0 unspecified atom stereocenters. The first kappa shape index (κ1) is 26.7. The van der Waals surface area contributed by atoms with Gasteiger partial charge in [-0.3, -0.25) is 13.9 Å². The van der Waals surface area contributed by atoms with Crippen LogP contribution < -0.4 is 9.62 Å². The minimum absolute atomic E-state index is 0.192. The van der Waals surface area contributed by atoms with Crippen LogP contribution in [0.5, 0.6) is 0 Å². The fraction of sp³-hybridized carbons (Fsp3) is 0.417. The second kappa shape index (κ2) is 12.6. The highest BCUT2D eigenvalue weighted by atomic mass is 35.5. The second-order valence-electron chi connectivity index (χ2n) is 7.82. The van der Waals surface area contributed by atoms with Crippen molar-refractivity contribution in [3.05, 3.63) is 65.2 Å². The molecule has 2 rings (SSSR count). The third-order valence-corrected chi connectivity index (χ3v) is 6.60. The first-order valence-electron chi connectivity index (χ1n) is 11.0. The molecule has 0 aliphatic heterocycles. The first-order chi connectivity index (χ1) is 15.7. The van der Waals surface area contributed by atoms with E-state index < -0.39 is 28.5 Å². The molecule has 2 aromatic rings. The van der Waals surface area contributed by atoms with E-state index in [1.807, 2.05) is 44.2 Å². The lowest BCUT2D eigenvalue weighted by atomic mass is 10.1. The first-order valence-corrected chi connectivity index (χ1v) is 13.2. The summed E-state index contributed by atoms with van der Waals surface area (Å²) in [4.78, 5) is 27.9. The zero-order valence-electron chi connectivity index (χ0n) is 19.3. The SMILES string of the molecule is CCCCNC(=O)[C@H](CC)N(Cc1ccccc1)C(=O)CN(c1ccc(Cl)cc1)S(C)(=O)=O. The van der Waals surface area contributed by atoms with Gasteiger partial charge in [-0.2, -0.15) is 0 Å².